The fourth-order valence-electron chi connectivity index (χ4n) is 1.92. The van der Waals surface area contributed by atoms with E-state index in [1.165, 1.54) is 19.2 Å². The zero-order chi connectivity index (χ0) is 15.0. The summed E-state index contributed by atoms with van der Waals surface area (Å²) in [6.45, 7) is 0. The van der Waals surface area contributed by atoms with Gasteiger partial charge in [-0.15, -0.1) is 0 Å². The Morgan fingerprint density at radius 3 is 2.57 bits per heavy atom. The SMILES string of the molecule is COc1cc2oc(-c3ccncc3)nc2cc1S(=O)(=O)O. The zero-order valence-electron chi connectivity index (χ0n) is 10.8. The normalized spacial score (nSPS) is 11.7. The average molecular weight is 306 g/mol. The Kier molecular flexibility index (Phi) is 3.11. The number of nitrogens with zero attached hydrogens (tertiary/aromatic N) is 2. The lowest BCUT2D eigenvalue weighted by Gasteiger charge is -2.04. The second-order valence-electron chi connectivity index (χ2n) is 4.20. The van der Waals surface area contributed by atoms with Crippen molar-refractivity contribution in [2.45, 2.75) is 4.90 Å². The zero-order valence-corrected chi connectivity index (χ0v) is 11.7. The number of hydrogen-bond donors (Lipinski definition) is 1. The van der Waals surface area contributed by atoms with Gasteiger partial charge in [-0.25, -0.2) is 4.98 Å². The summed E-state index contributed by atoms with van der Waals surface area (Å²) in [7, 11) is -3.11. The van der Waals surface area contributed by atoms with E-state index in [4.69, 9.17) is 9.15 Å². The molecule has 2 heterocycles. The molecule has 0 bridgehead atoms. The van der Waals surface area contributed by atoms with E-state index < -0.39 is 10.1 Å². The van der Waals surface area contributed by atoms with Crippen LogP contribution in [0.15, 0.2) is 46.0 Å². The molecular weight excluding hydrogens is 296 g/mol. The molecular formula is C13H10N2O5S. The number of fused-ring (bicyclic) bond motifs is 1. The van der Waals surface area contributed by atoms with Crippen LogP contribution < -0.4 is 4.74 Å². The third kappa shape index (κ3) is 2.46. The van der Waals surface area contributed by atoms with E-state index in [0.717, 1.165) is 0 Å². The van der Waals surface area contributed by atoms with Crippen LogP contribution in [0.4, 0.5) is 0 Å². The van der Waals surface area contributed by atoms with Gasteiger partial charge < -0.3 is 9.15 Å². The molecule has 108 valence electrons. The molecule has 0 amide bonds. The van der Waals surface area contributed by atoms with Gasteiger partial charge in [0.25, 0.3) is 10.1 Å². The first-order valence-electron chi connectivity index (χ1n) is 5.85. The smallest absolute Gasteiger partial charge is 0.298 e. The van der Waals surface area contributed by atoms with Crippen molar-refractivity contribution in [3.8, 4) is 17.2 Å². The summed E-state index contributed by atoms with van der Waals surface area (Å²) in [6.07, 6.45) is 3.18. The molecule has 0 fully saturated rings. The molecule has 3 rings (SSSR count). The lowest BCUT2D eigenvalue weighted by molar-refractivity contribution is 0.397. The fourth-order valence-corrected chi connectivity index (χ4v) is 2.57. The van der Waals surface area contributed by atoms with Crippen LogP contribution >= 0.6 is 0 Å². The molecule has 2 aromatic heterocycles. The maximum absolute atomic E-state index is 11.3. The van der Waals surface area contributed by atoms with E-state index in [2.05, 4.69) is 9.97 Å². The van der Waals surface area contributed by atoms with E-state index in [9.17, 15) is 13.0 Å². The molecule has 0 aliphatic rings. The summed E-state index contributed by atoms with van der Waals surface area (Å²) in [5.74, 6) is 0.310. The molecule has 1 aromatic carbocycles. The highest BCUT2D eigenvalue weighted by atomic mass is 32.2. The molecule has 21 heavy (non-hydrogen) atoms. The Bertz CT molecular complexity index is 903. The second kappa shape index (κ2) is 4.83. The van der Waals surface area contributed by atoms with Crippen LogP contribution in [0, 0.1) is 0 Å². The number of hydrogen-bond acceptors (Lipinski definition) is 6. The van der Waals surface area contributed by atoms with Gasteiger partial charge >= 0.3 is 0 Å². The number of oxazole rings is 1. The maximum atomic E-state index is 11.3. The molecule has 7 nitrogen and oxygen atoms in total. The third-order valence-corrected chi connectivity index (χ3v) is 3.75. The lowest BCUT2D eigenvalue weighted by Crippen LogP contribution is -2.01. The van der Waals surface area contributed by atoms with Crippen molar-refractivity contribution in [1.29, 1.82) is 0 Å². The molecule has 0 aliphatic carbocycles. The van der Waals surface area contributed by atoms with Gasteiger partial charge in [0, 0.05) is 24.0 Å². The number of methoxy groups -OCH3 is 1. The number of ether oxygens (including phenoxy) is 1. The third-order valence-electron chi connectivity index (χ3n) is 2.88. The average Bonchev–Trinajstić information content (AvgIpc) is 2.88. The predicted octanol–water partition coefficient (Wildman–Crippen LogP) is 2.15. The van der Waals surface area contributed by atoms with Crippen molar-refractivity contribution in [2.75, 3.05) is 7.11 Å². The van der Waals surface area contributed by atoms with E-state index in [0.29, 0.717) is 22.6 Å². The van der Waals surface area contributed by atoms with Crippen molar-refractivity contribution in [1.82, 2.24) is 9.97 Å². The molecule has 0 saturated carbocycles. The van der Waals surface area contributed by atoms with Crippen LogP contribution in [-0.2, 0) is 10.1 Å². The first-order valence-corrected chi connectivity index (χ1v) is 7.29. The topological polar surface area (TPSA) is 103 Å². The first-order chi connectivity index (χ1) is 9.99. The molecule has 0 aliphatic heterocycles. The fraction of sp³-hybridized carbons (Fsp3) is 0.0769. The highest BCUT2D eigenvalue weighted by molar-refractivity contribution is 7.86. The standard InChI is InChI=1S/C13H10N2O5S/c1-19-11-7-10-9(6-12(11)21(16,17)18)15-13(20-10)8-2-4-14-5-3-8/h2-7H,1H3,(H,16,17,18). The van der Waals surface area contributed by atoms with Crippen molar-refractivity contribution < 1.29 is 22.1 Å². The molecule has 8 heteroatoms. The van der Waals surface area contributed by atoms with E-state index in [-0.39, 0.29) is 10.6 Å². The van der Waals surface area contributed by atoms with Gasteiger partial charge in [0.05, 0.1) is 7.11 Å². The van der Waals surface area contributed by atoms with Crippen molar-refractivity contribution in [3.05, 3.63) is 36.7 Å². The largest absolute Gasteiger partial charge is 0.495 e. The maximum Gasteiger partial charge on any atom is 0.298 e. The van der Waals surface area contributed by atoms with Gasteiger partial charge in [-0.2, -0.15) is 8.42 Å². The Balaban J connectivity index is 2.23. The molecule has 0 atom stereocenters. The van der Waals surface area contributed by atoms with Crippen molar-refractivity contribution in [3.63, 3.8) is 0 Å². The van der Waals surface area contributed by atoms with E-state index in [1.807, 2.05) is 0 Å². The van der Waals surface area contributed by atoms with E-state index >= 15 is 0 Å². The van der Waals surface area contributed by atoms with Crippen LogP contribution in [0.3, 0.4) is 0 Å². The van der Waals surface area contributed by atoms with Gasteiger partial charge in [-0.1, -0.05) is 0 Å². The Morgan fingerprint density at radius 1 is 1.24 bits per heavy atom. The first kappa shape index (κ1) is 13.5. The van der Waals surface area contributed by atoms with Crippen molar-refractivity contribution >= 4 is 21.2 Å². The van der Waals surface area contributed by atoms with Crippen molar-refractivity contribution in [2.24, 2.45) is 0 Å². The summed E-state index contributed by atoms with van der Waals surface area (Å²) < 4.78 is 42.4. The summed E-state index contributed by atoms with van der Waals surface area (Å²) >= 11 is 0. The minimum atomic E-state index is -4.41. The highest BCUT2D eigenvalue weighted by Gasteiger charge is 2.20. The predicted molar refractivity (Wildman–Crippen MR) is 73.6 cm³/mol. The summed E-state index contributed by atoms with van der Waals surface area (Å²) in [5.41, 5.74) is 1.36. The second-order valence-corrected chi connectivity index (χ2v) is 5.59. The summed E-state index contributed by atoms with van der Waals surface area (Å²) in [5, 5.41) is 0. The number of benzene rings is 1. The van der Waals surface area contributed by atoms with Crippen LogP contribution in [0.1, 0.15) is 0 Å². The Morgan fingerprint density at radius 2 is 1.95 bits per heavy atom. The van der Waals surface area contributed by atoms with Gasteiger partial charge in [-0.05, 0) is 18.2 Å². The van der Waals surface area contributed by atoms with Crippen LogP contribution in [0.2, 0.25) is 0 Å². The quantitative estimate of drug-likeness (QED) is 0.739. The Hall–Kier alpha value is -2.45. The van der Waals surface area contributed by atoms with E-state index in [1.54, 1.807) is 24.5 Å². The van der Waals surface area contributed by atoms with Gasteiger partial charge in [0.15, 0.2) is 5.58 Å². The summed E-state index contributed by atoms with van der Waals surface area (Å²) in [6, 6.07) is 6.01. The van der Waals surface area contributed by atoms with Crippen LogP contribution in [-0.4, -0.2) is 30.0 Å². The Labute approximate surface area is 120 Å². The highest BCUT2D eigenvalue weighted by Crippen LogP contribution is 2.32. The monoisotopic (exact) mass is 306 g/mol. The van der Waals surface area contributed by atoms with Crippen LogP contribution in [0.5, 0.6) is 5.75 Å². The van der Waals surface area contributed by atoms with Crippen LogP contribution in [0.25, 0.3) is 22.6 Å². The number of rotatable bonds is 3. The molecule has 0 saturated heterocycles. The minimum absolute atomic E-state index is 0.0116. The minimum Gasteiger partial charge on any atom is -0.495 e. The summed E-state index contributed by atoms with van der Waals surface area (Å²) in [4.78, 5) is 7.75. The van der Waals surface area contributed by atoms with Gasteiger partial charge in [0.2, 0.25) is 5.89 Å². The molecule has 0 radical (unpaired) electrons. The molecule has 1 N–H and O–H groups in total. The van der Waals surface area contributed by atoms with Gasteiger partial charge in [0.1, 0.15) is 16.2 Å². The van der Waals surface area contributed by atoms with Gasteiger partial charge in [-0.3, -0.25) is 9.54 Å². The number of aromatic nitrogens is 2. The molecule has 3 aromatic rings. The lowest BCUT2D eigenvalue weighted by atomic mass is 10.3. The molecule has 0 spiro atoms. The molecule has 0 unspecified atom stereocenters. The number of pyridine rings is 1.